The number of halogens is 1. The van der Waals surface area contributed by atoms with E-state index in [1.165, 1.54) is 19.2 Å². The minimum Gasteiger partial charge on any atom is -0.496 e. The maximum atomic E-state index is 12.4. The Bertz CT molecular complexity index is 604. The number of nitrogens with zero attached hydrogens (tertiary/aromatic N) is 1. The number of ether oxygens (including phenoxy) is 1. The van der Waals surface area contributed by atoms with Gasteiger partial charge in [-0.15, -0.1) is 0 Å². The van der Waals surface area contributed by atoms with E-state index in [0.717, 1.165) is 0 Å². The summed E-state index contributed by atoms with van der Waals surface area (Å²) in [6.45, 7) is 4.54. The van der Waals surface area contributed by atoms with Crippen LogP contribution in [0.5, 0.6) is 5.75 Å². The molecule has 0 spiro atoms. The summed E-state index contributed by atoms with van der Waals surface area (Å²) >= 11 is 5.96. The van der Waals surface area contributed by atoms with Crippen LogP contribution in [0, 0.1) is 0 Å². The van der Waals surface area contributed by atoms with Gasteiger partial charge in [0.15, 0.2) is 0 Å². The lowest BCUT2D eigenvalue weighted by Crippen LogP contribution is -2.43. The normalized spacial score (nSPS) is 18.0. The second kappa shape index (κ2) is 6.44. The molecule has 120 valence electrons. The second-order valence-corrected chi connectivity index (χ2v) is 5.92. The molecular weight excluding hydrogens is 306 g/mol. The van der Waals surface area contributed by atoms with Gasteiger partial charge in [-0.2, -0.15) is 0 Å². The summed E-state index contributed by atoms with van der Waals surface area (Å²) in [7, 11) is 1.45. The standard InChI is InChI=1S/C15H20ClN3O3/c1-8(2)19-5-4-12(15(19)21)18-14(20)9-6-10(16)11(17)7-13(9)22-3/h6-8,12H,4-5,17H2,1-3H3,(H,18,20). The molecule has 22 heavy (non-hydrogen) atoms. The largest absolute Gasteiger partial charge is 0.496 e. The number of nitrogen functional groups attached to an aromatic ring is 1. The molecule has 1 aliphatic rings. The van der Waals surface area contributed by atoms with Gasteiger partial charge in [-0.05, 0) is 26.3 Å². The summed E-state index contributed by atoms with van der Waals surface area (Å²) in [4.78, 5) is 26.4. The molecule has 0 aliphatic carbocycles. The fourth-order valence-electron chi connectivity index (χ4n) is 2.50. The molecule has 0 bridgehead atoms. The monoisotopic (exact) mass is 325 g/mol. The molecular formula is C15H20ClN3O3. The van der Waals surface area contributed by atoms with Gasteiger partial charge in [0, 0.05) is 18.7 Å². The molecule has 0 saturated carbocycles. The van der Waals surface area contributed by atoms with Crippen LogP contribution in [0.1, 0.15) is 30.6 Å². The number of carbonyl (C=O) groups is 2. The molecule has 1 aliphatic heterocycles. The van der Waals surface area contributed by atoms with Crippen molar-refractivity contribution in [1.29, 1.82) is 0 Å². The third-order valence-corrected chi connectivity index (χ3v) is 4.06. The number of methoxy groups -OCH3 is 1. The number of hydrogen-bond acceptors (Lipinski definition) is 4. The molecule has 1 unspecified atom stereocenters. The number of hydrogen-bond donors (Lipinski definition) is 2. The highest BCUT2D eigenvalue weighted by molar-refractivity contribution is 6.33. The molecule has 0 aromatic heterocycles. The number of carbonyl (C=O) groups excluding carboxylic acids is 2. The van der Waals surface area contributed by atoms with Gasteiger partial charge < -0.3 is 20.7 Å². The quantitative estimate of drug-likeness (QED) is 0.825. The molecule has 1 atom stereocenters. The average Bonchev–Trinajstić information content (AvgIpc) is 2.82. The van der Waals surface area contributed by atoms with Crippen molar-refractivity contribution < 1.29 is 14.3 Å². The number of benzene rings is 1. The highest BCUT2D eigenvalue weighted by Gasteiger charge is 2.34. The number of amides is 2. The molecule has 2 amide bonds. The van der Waals surface area contributed by atoms with Crippen LogP contribution in [-0.4, -0.2) is 42.5 Å². The lowest BCUT2D eigenvalue weighted by atomic mass is 10.1. The summed E-state index contributed by atoms with van der Waals surface area (Å²) in [5.74, 6) is -0.142. The number of nitrogens with one attached hydrogen (secondary N) is 1. The maximum Gasteiger partial charge on any atom is 0.255 e. The summed E-state index contributed by atoms with van der Waals surface area (Å²) in [6.07, 6.45) is 0.591. The van der Waals surface area contributed by atoms with Crippen molar-refractivity contribution in [2.24, 2.45) is 0 Å². The van der Waals surface area contributed by atoms with E-state index in [1.807, 2.05) is 13.8 Å². The van der Waals surface area contributed by atoms with Gasteiger partial charge >= 0.3 is 0 Å². The fourth-order valence-corrected chi connectivity index (χ4v) is 2.66. The van der Waals surface area contributed by atoms with Gasteiger partial charge in [-0.3, -0.25) is 9.59 Å². The Morgan fingerprint density at radius 1 is 1.50 bits per heavy atom. The van der Waals surface area contributed by atoms with E-state index >= 15 is 0 Å². The Hall–Kier alpha value is -1.95. The Balaban J connectivity index is 2.17. The number of rotatable bonds is 4. The first-order valence-corrected chi connectivity index (χ1v) is 7.47. The number of nitrogens with two attached hydrogens (primary N) is 1. The summed E-state index contributed by atoms with van der Waals surface area (Å²) in [5.41, 5.74) is 6.29. The number of likely N-dealkylation sites (tertiary alicyclic amines) is 1. The lowest BCUT2D eigenvalue weighted by molar-refractivity contribution is -0.130. The summed E-state index contributed by atoms with van der Waals surface area (Å²) < 4.78 is 5.16. The van der Waals surface area contributed by atoms with Crippen LogP contribution >= 0.6 is 11.6 Å². The van der Waals surface area contributed by atoms with Crippen molar-refractivity contribution in [1.82, 2.24) is 10.2 Å². The van der Waals surface area contributed by atoms with E-state index in [9.17, 15) is 9.59 Å². The van der Waals surface area contributed by atoms with Crippen molar-refractivity contribution in [3.05, 3.63) is 22.7 Å². The van der Waals surface area contributed by atoms with Gasteiger partial charge in [0.25, 0.3) is 5.91 Å². The van der Waals surface area contributed by atoms with E-state index in [-0.39, 0.29) is 22.5 Å². The fraction of sp³-hybridized carbons (Fsp3) is 0.467. The molecule has 1 fully saturated rings. The minimum absolute atomic E-state index is 0.0659. The number of anilines is 1. The highest BCUT2D eigenvalue weighted by Crippen LogP contribution is 2.29. The summed E-state index contributed by atoms with van der Waals surface area (Å²) in [5, 5.41) is 3.01. The molecule has 0 radical (unpaired) electrons. The van der Waals surface area contributed by atoms with E-state index in [0.29, 0.717) is 24.4 Å². The smallest absolute Gasteiger partial charge is 0.255 e. The van der Waals surface area contributed by atoms with Crippen molar-refractivity contribution >= 4 is 29.1 Å². The van der Waals surface area contributed by atoms with Crippen LogP contribution in [0.15, 0.2) is 12.1 Å². The minimum atomic E-state index is -0.518. The predicted octanol–water partition coefficient (Wildman–Crippen LogP) is 1.67. The van der Waals surface area contributed by atoms with Crippen LogP contribution in [0.25, 0.3) is 0 Å². The molecule has 3 N–H and O–H groups in total. The molecule has 1 aromatic carbocycles. The Morgan fingerprint density at radius 2 is 2.18 bits per heavy atom. The van der Waals surface area contributed by atoms with Gasteiger partial charge in [0.2, 0.25) is 5.91 Å². The average molecular weight is 326 g/mol. The lowest BCUT2D eigenvalue weighted by Gasteiger charge is -2.21. The van der Waals surface area contributed by atoms with Crippen LogP contribution in [0.4, 0.5) is 5.69 Å². The van der Waals surface area contributed by atoms with Crippen LogP contribution in [0.3, 0.4) is 0 Å². The van der Waals surface area contributed by atoms with E-state index in [4.69, 9.17) is 22.1 Å². The molecule has 6 nitrogen and oxygen atoms in total. The van der Waals surface area contributed by atoms with Gasteiger partial charge in [-0.25, -0.2) is 0 Å². The van der Waals surface area contributed by atoms with Gasteiger partial charge in [0.1, 0.15) is 11.8 Å². The first-order chi connectivity index (χ1) is 10.3. The molecule has 2 rings (SSSR count). The maximum absolute atomic E-state index is 12.4. The molecule has 7 heteroatoms. The van der Waals surface area contributed by atoms with Gasteiger partial charge in [-0.1, -0.05) is 11.6 Å². The summed E-state index contributed by atoms with van der Waals surface area (Å²) in [6, 6.07) is 2.55. The van der Waals surface area contributed by atoms with E-state index in [1.54, 1.807) is 4.90 Å². The van der Waals surface area contributed by atoms with E-state index in [2.05, 4.69) is 5.32 Å². The zero-order chi connectivity index (χ0) is 16.4. The molecule has 1 aromatic rings. The first-order valence-electron chi connectivity index (χ1n) is 7.09. The Labute approximate surface area is 134 Å². The first kappa shape index (κ1) is 16.4. The highest BCUT2D eigenvalue weighted by atomic mass is 35.5. The van der Waals surface area contributed by atoms with Gasteiger partial charge in [0.05, 0.1) is 23.4 Å². The van der Waals surface area contributed by atoms with E-state index < -0.39 is 11.9 Å². The van der Waals surface area contributed by atoms with Crippen LogP contribution < -0.4 is 15.8 Å². The zero-order valence-electron chi connectivity index (χ0n) is 12.9. The van der Waals surface area contributed by atoms with Crippen molar-refractivity contribution in [2.75, 3.05) is 19.4 Å². The topological polar surface area (TPSA) is 84.7 Å². The van der Waals surface area contributed by atoms with Crippen molar-refractivity contribution in [3.63, 3.8) is 0 Å². The molecule has 1 heterocycles. The second-order valence-electron chi connectivity index (χ2n) is 5.51. The van der Waals surface area contributed by atoms with Crippen molar-refractivity contribution in [2.45, 2.75) is 32.4 Å². The Kier molecular flexibility index (Phi) is 4.81. The zero-order valence-corrected chi connectivity index (χ0v) is 13.6. The van der Waals surface area contributed by atoms with Crippen LogP contribution in [-0.2, 0) is 4.79 Å². The van der Waals surface area contributed by atoms with Crippen LogP contribution in [0.2, 0.25) is 5.02 Å². The third kappa shape index (κ3) is 3.11. The van der Waals surface area contributed by atoms with Crippen molar-refractivity contribution in [3.8, 4) is 5.75 Å². The third-order valence-electron chi connectivity index (χ3n) is 3.73. The predicted molar refractivity (Wildman–Crippen MR) is 85.1 cm³/mol. The SMILES string of the molecule is COc1cc(N)c(Cl)cc1C(=O)NC1CCN(C(C)C)C1=O. The molecule has 1 saturated heterocycles. The Morgan fingerprint density at radius 3 is 2.73 bits per heavy atom.